The van der Waals surface area contributed by atoms with Crippen LogP contribution in [0.5, 0.6) is 0 Å². The minimum atomic E-state index is 0.744. The SMILES string of the molecule is C[C@H](NC1CCNCC1)C1CCCCC1. The van der Waals surface area contributed by atoms with Crippen LogP contribution in [0.15, 0.2) is 0 Å². The molecule has 0 amide bonds. The standard InChI is InChI=1S/C13H26N2/c1-11(12-5-3-2-4-6-12)15-13-7-9-14-10-8-13/h11-15H,2-10H2,1H3/t11-/m0/s1. The summed E-state index contributed by atoms with van der Waals surface area (Å²) >= 11 is 0. The van der Waals surface area contributed by atoms with E-state index in [2.05, 4.69) is 17.6 Å². The van der Waals surface area contributed by atoms with Gasteiger partial charge in [-0.15, -0.1) is 0 Å². The van der Waals surface area contributed by atoms with Gasteiger partial charge < -0.3 is 10.6 Å². The lowest BCUT2D eigenvalue weighted by molar-refractivity contribution is 0.247. The Kier molecular flexibility index (Phi) is 4.45. The van der Waals surface area contributed by atoms with E-state index < -0.39 is 0 Å². The highest BCUT2D eigenvalue weighted by Gasteiger charge is 2.22. The van der Waals surface area contributed by atoms with Gasteiger partial charge in [0.25, 0.3) is 0 Å². The Hall–Kier alpha value is -0.0800. The summed E-state index contributed by atoms with van der Waals surface area (Å²) in [5.74, 6) is 0.952. The first-order chi connectivity index (χ1) is 7.36. The van der Waals surface area contributed by atoms with Crippen LogP contribution in [-0.4, -0.2) is 25.2 Å². The molecule has 1 heterocycles. The van der Waals surface area contributed by atoms with E-state index in [-0.39, 0.29) is 0 Å². The second kappa shape index (κ2) is 5.86. The maximum absolute atomic E-state index is 3.85. The summed E-state index contributed by atoms with van der Waals surface area (Å²) in [5.41, 5.74) is 0. The molecule has 0 aromatic rings. The molecule has 0 unspecified atom stereocenters. The highest BCUT2D eigenvalue weighted by atomic mass is 15.0. The van der Waals surface area contributed by atoms with E-state index in [1.54, 1.807) is 0 Å². The Balaban J connectivity index is 1.72. The zero-order valence-electron chi connectivity index (χ0n) is 10.1. The van der Waals surface area contributed by atoms with Crippen LogP contribution in [0.2, 0.25) is 0 Å². The summed E-state index contributed by atoms with van der Waals surface area (Å²) in [4.78, 5) is 0. The lowest BCUT2D eigenvalue weighted by atomic mass is 9.84. The van der Waals surface area contributed by atoms with Crippen LogP contribution in [0.1, 0.15) is 51.9 Å². The fourth-order valence-corrected chi connectivity index (χ4v) is 3.13. The maximum Gasteiger partial charge on any atom is 0.00938 e. The molecule has 2 aliphatic rings. The predicted octanol–water partition coefficient (Wildman–Crippen LogP) is 2.30. The van der Waals surface area contributed by atoms with Crippen LogP contribution in [0.3, 0.4) is 0 Å². The van der Waals surface area contributed by atoms with Gasteiger partial charge in [-0.2, -0.15) is 0 Å². The summed E-state index contributed by atoms with van der Waals surface area (Å²) in [7, 11) is 0. The molecular formula is C13H26N2. The Morgan fingerprint density at radius 3 is 2.33 bits per heavy atom. The monoisotopic (exact) mass is 210 g/mol. The second-order valence-electron chi connectivity index (χ2n) is 5.38. The maximum atomic E-state index is 3.85. The van der Waals surface area contributed by atoms with E-state index >= 15 is 0 Å². The zero-order chi connectivity index (χ0) is 10.5. The van der Waals surface area contributed by atoms with Crippen LogP contribution >= 0.6 is 0 Å². The molecule has 15 heavy (non-hydrogen) atoms. The van der Waals surface area contributed by atoms with Crippen molar-refractivity contribution < 1.29 is 0 Å². The van der Waals surface area contributed by atoms with Crippen molar-refractivity contribution in [2.45, 2.75) is 64.0 Å². The number of piperidine rings is 1. The zero-order valence-corrected chi connectivity index (χ0v) is 10.1. The van der Waals surface area contributed by atoms with Gasteiger partial charge in [0.2, 0.25) is 0 Å². The first-order valence-electron chi connectivity index (χ1n) is 6.83. The van der Waals surface area contributed by atoms with E-state index in [0.29, 0.717) is 0 Å². The van der Waals surface area contributed by atoms with Crippen LogP contribution in [-0.2, 0) is 0 Å². The lowest BCUT2D eigenvalue weighted by Gasteiger charge is -2.33. The highest BCUT2D eigenvalue weighted by molar-refractivity contribution is 4.82. The average molecular weight is 210 g/mol. The minimum Gasteiger partial charge on any atom is -0.317 e. The van der Waals surface area contributed by atoms with Crippen molar-refractivity contribution in [3.63, 3.8) is 0 Å². The molecule has 2 N–H and O–H groups in total. The average Bonchev–Trinajstić information content (AvgIpc) is 2.31. The van der Waals surface area contributed by atoms with E-state index in [1.807, 2.05) is 0 Å². The van der Waals surface area contributed by atoms with E-state index in [4.69, 9.17) is 0 Å². The molecule has 2 nitrogen and oxygen atoms in total. The van der Waals surface area contributed by atoms with Crippen molar-refractivity contribution in [2.75, 3.05) is 13.1 Å². The topological polar surface area (TPSA) is 24.1 Å². The van der Waals surface area contributed by atoms with Gasteiger partial charge in [0.1, 0.15) is 0 Å². The van der Waals surface area contributed by atoms with Gasteiger partial charge in [0, 0.05) is 12.1 Å². The highest BCUT2D eigenvalue weighted by Crippen LogP contribution is 2.26. The molecule has 1 aliphatic heterocycles. The molecule has 2 rings (SSSR count). The first-order valence-corrected chi connectivity index (χ1v) is 6.83. The minimum absolute atomic E-state index is 0.744. The molecule has 1 aliphatic carbocycles. The van der Waals surface area contributed by atoms with Crippen LogP contribution in [0.25, 0.3) is 0 Å². The van der Waals surface area contributed by atoms with E-state index in [0.717, 1.165) is 18.0 Å². The lowest BCUT2D eigenvalue weighted by Crippen LogP contribution is -2.46. The molecule has 0 aromatic heterocycles. The Morgan fingerprint density at radius 2 is 1.67 bits per heavy atom. The van der Waals surface area contributed by atoms with E-state index in [9.17, 15) is 0 Å². The third kappa shape index (κ3) is 3.46. The van der Waals surface area contributed by atoms with Crippen molar-refractivity contribution in [3.05, 3.63) is 0 Å². The van der Waals surface area contributed by atoms with Crippen molar-refractivity contribution in [3.8, 4) is 0 Å². The van der Waals surface area contributed by atoms with Crippen molar-refractivity contribution >= 4 is 0 Å². The van der Waals surface area contributed by atoms with Crippen LogP contribution < -0.4 is 10.6 Å². The van der Waals surface area contributed by atoms with Crippen molar-refractivity contribution in [1.29, 1.82) is 0 Å². The number of nitrogens with one attached hydrogen (secondary N) is 2. The molecule has 1 saturated carbocycles. The summed E-state index contributed by atoms with van der Waals surface area (Å²) in [6.45, 7) is 4.81. The molecule has 0 aromatic carbocycles. The molecule has 1 atom stereocenters. The van der Waals surface area contributed by atoms with Gasteiger partial charge in [-0.3, -0.25) is 0 Å². The second-order valence-corrected chi connectivity index (χ2v) is 5.38. The fourth-order valence-electron chi connectivity index (χ4n) is 3.13. The molecule has 2 fully saturated rings. The van der Waals surface area contributed by atoms with Crippen LogP contribution in [0.4, 0.5) is 0 Å². The molecule has 1 saturated heterocycles. The largest absolute Gasteiger partial charge is 0.317 e. The summed E-state index contributed by atoms with van der Waals surface area (Å²) in [6, 6.07) is 1.52. The van der Waals surface area contributed by atoms with Crippen molar-refractivity contribution in [1.82, 2.24) is 10.6 Å². The third-order valence-electron chi connectivity index (χ3n) is 4.19. The molecule has 88 valence electrons. The van der Waals surface area contributed by atoms with Gasteiger partial charge in [0.05, 0.1) is 0 Å². The number of rotatable bonds is 3. The van der Waals surface area contributed by atoms with Gasteiger partial charge in [-0.1, -0.05) is 19.3 Å². The van der Waals surface area contributed by atoms with E-state index in [1.165, 1.54) is 58.0 Å². The van der Waals surface area contributed by atoms with Gasteiger partial charge >= 0.3 is 0 Å². The molecule has 0 radical (unpaired) electrons. The fraction of sp³-hybridized carbons (Fsp3) is 1.00. The molecule has 0 bridgehead atoms. The quantitative estimate of drug-likeness (QED) is 0.747. The smallest absolute Gasteiger partial charge is 0.00938 e. The summed E-state index contributed by atoms with van der Waals surface area (Å²) in [6.07, 6.45) is 9.94. The van der Waals surface area contributed by atoms with Gasteiger partial charge in [-0.25, -0.2) is 0 Å². The molecular weight excluding hydrogens is 184 g/mol. The Morgan fingerprint density at radius 1 is 1.00 bits per heavy atom. The Labute approximate surface area is 94.2 Å². The third-order valence-corrected chi connectivity index (χ3v) is 4.19. The first kappa shape index (κ1) is 11.4. The van der Waals surface area contributed by atoms with Crippen molar-refractivity contribution in [2.24, 2.45) is 5.92 Å². The van der Waals surface area contributed by atoms with Gasteiger partial charge in [-0.05, 0) is 51.6 Å². The summed E-state index contributed by atoms with van der Waals surface area (Å²) in [5, 5.41) is 7.28. The summed E-state index contributed by atoms with van der Waals surface area (Å²) < 4.78 is 0. The molecule has 2 heteroatoms. The normalized spacial score (nSPS) is 27.8. The Bertz CT molecular complexity index is 169. The number of hydrogen-bond donors (Lipinski definition) is 2. The van der Waals surface area contributed by atoms with Gasteiger partial charge in [0.15, 0.2) is 0 Å². The number of hydrogen-bond acceptors (Lipinski definition) is 2. The van der Waals surface area contributed by atoms with Crippen LogP contribution in [0, 0.1) is 5.92 Å². The predicted molar refractivity (Wildman–Crippen MR) is 65.1 cm³/mol. The molecule has 0 spiro atoms.